The lowest BCUT2D eigenvalue weighted by Crippen LogP contribution is -2.46. The highest BCUT2D eigenvalue weighted by atomic mass is 16.5. The van der Waals surface area contributed by atoms with E-state index < -0.39 is 5.54 Å². The number of hydrogen-bond donors (Lipinski definition) is 1. The van der Waals surface area contributed by atoms with Gasteiger partial charge in [0.25, 0.3) is 0 Å². The fraction of sp³-hybridized carbons (Fsp3) is 0.240. The summed E-state index contributed by atoms with van der Waals surface area (Å²) in [5, 5.41) is 0. The SMILES string of the molecule is CCOc1cccc(-c2cccc(C3(c4ccncc4)N=C(N)N4CCCN=C43)c2)c1. The second-order valence-electron chi connectivity index (χ2n) is 7.67. The van der Waals surface area contributed by atoms with Crippen LogP contribution in [0, 0.1) is 0 Å². The van der Waals surface area contributed by atoms with Crippen LogP contribution in [0.3, 0.4) is 0 Å². The molecule has 3 heterocycles. The van der Waals surface area contributed by atoms with Gasteiger partial charge in [-0.3, -0.25) is 14.9 Å². The number of hydrogen-bond acceptors (Lipinski definition) is 6. The van der Waals surface area contributed by atoms with Crippen molar-refractivity contribution in [3.63, 3.8) is 0 Å². The van der Waals surface area contributed by atoms with Gasteiger partial charge in [0.15, 0.2) is 11.5 Å². The summed E-state index contributed by atoms with van der Waals surface area (Å²) >= 11 is 0. The molecular weight excluding hydrogens is 386 g/mol. The first-order valence-corrected chi connectivity index (χ1v) is 10.6. The number of aromatic nitrogens is 1. The Morgan fingerprint density at radius 3 is 2.58 bits per heavy atom. The van der Waals surface area contributed by atoms with E-state index in [1.165, 1.54) is 0 Å². The number of nitrogens with two attached hydrogens (primary N) is 1. The molecule has 156 valence electrons. The topological polar surface area (TPSA) is 76.1 Å². The second kappa shape index (κ2) is 7.87. The molecule has 2 aromatic carbocycles. The molecule has 0 saturated heterocycles. The average molecular weight is 412 g/mol. The lowest BCUT2D eigenvalue weighted by molar-refractivity contribution is 0.340. The summed E-state index contributed by atoms with van der Waals surface area (Å²) in [6, 6.07) is 20.6. The van der Waals surface area contributed by atoms with E-state index in [0.29, 0.717) is 12.6 Å². The zero-order valence-electron chi connectivity index (χ0n) is 17.5. The normalized spacial score (nSPS) is 20.1. The van der Waals surface area contributed by atoms with Crippen molar-refractivity contribution >= 4 is 11.8 Å². The van der Waals surface area contributed by atoms with Crippen molar-refractivity contribution in [2.75, 3.05) is 19.7 Å². The zero-order valence-corrected chi connectivity index (χ0v) is 17.5. The quantitative estimate of drug-likeness (QED) is 0.692. The molecule has 0 radical (unpaired) electrons. The summed E-state index contributed by atoms with van der Waals surface area (Å²) in [5.74, 6) is 2.27. The summed E-state index contributed by atoms with van der Waals surface area (Å²) < 4.78 is 5.70. The minimum Gasteiger partial charge on any atom is -0.494 e. The number of rotatable bonds is 5. The van der Waals surface area contributed by atoms with Gasteiger partial charge < -0.3 is 10.5 Å². The van der Waals surface area contributed by atoms with E-state index in [9.17, 15) is 0 Å². The summed E-state index contributed by atoms with van der Waals surface area (Å²) in [4.78, 5) is 16.2. The highest BCUT2D eigenvalue weighted by Crippen LogP contribution is 2.42. The van der Waals surface area contributed by atoms with Crippen LogP contribution in [0.4, 0.5) is 0 Å². The predicted octanol–water partition coefficient (Wildman–Crippen LogP) is 3.82. The number of fused-ring (bicyclic) bond motifs is 1. The van der Waals surface area contributed by atoms with E-state index in [1.807, 2.05) is 36.1 Å². The molecule has 31 heavy (non-hydrogen) atoms. The van der Waals surface area contributed by atoms with Crippen LogP contribution >= 0.6 is 0 Å². The monoisotopic (exact) mass is 411 g/mol. The Balaban J connectivity index is 1.68. The Bertz CT molecular complexity index is 1160. The molecule has 1 unspecified atom stereocenters. The van der Waals surface area contributed by atoms with Crippen molar-refractivity contribution in [2.45, 2.75) is 18.9 Å². The molecule has 0 aliphatic carbocycles. The molecule has 3 aromatic rings. The van der Waals surface area contributed by atoms with Gasteiger partial charge in [-0.25, -0.2) is 4.99 Å². The molecule has 0 amide bonds. The maximum Gasteiger partial charge on any atom is 0.198 e. The smallest absolute Gasteiger partial charge is 0.198 e. The van der Waals surface area contributed by atoms with Crippen molar-refractivity contribution < 1.29 is 4.74 Å². The van der Waals surface area contributed by atoms with Gasteiger partial charge in [0.1, 0.15) is 11.6 Å². The number of nitrogens with zero attached hydrogens (tertiary/aromatic N) is 4. The van der Waals surface area contributed by atoms with Crippen LogP contribution in [-0.4, -0.2) is 41.4 Å². The number of ether oxygens (including phenoxy) is 1. The van der Waals surface area contributed by atoms with Crippen LogP contribution < -0.4 is 10.5 Å². The van der Waals surface area contributed by atoms with Crippen molar-refractivity contribution in [3.8, 4) is 16.9 Å². The maximum atomic E-state index is 6.40. The van der Waals surface area contributed by atoms with Crippen LogP contribution in [-0.2, 0) is 5.54 Å². The fourth-order valence-electron chi connectivity index (χ4n) is 4.42. The molecule has 2 aliphatic heterocycles. The standard InChI is InChI=1S/C25H25N5O/c1-2-31-22-9-4-7-19(17-22)18-6-3-8-21(16-18)25(20-10-13-27-14-11-20)23-28-12-5-15-30(23)24(26)29-25/h3-4,6-11,13-14,16-17H,2,5,12,15H2,1H3,(H2,26,29). The molecule has 6 heteroatoms. The van der Waals surface area contributed by atoms with Gasteiger partial charge in [-0.2, -0.15) is 0 Å². The van der Waals surface area contributed by atoms with Gasteiger partial charge >= 0.3 is 0 Å². The zero-order chi connectivity index (χ0) is 21.3. The van der Waals surface area contributed by atoms with Crippen LogP contribution in [0.5, 0.6) is 5.75 Å². The van der Waals surface area contributed by atoms with E-state index in [2.05, 4.69) is 41.4 Å². The lowest BCUT2D eigenvalue weighted by Gasteiger charge is -2.33. The van der Waals surface area contributed by atoms with Gasteiger partial charge in [0.05, 0.1) is 6.61 Å². The van der Waals surface area contributed by atoms with Gasteiger partial charge in [-0.1, -0.05) is 30.3 Å². The van der Waals surface area contributed by atoms with Crippen molar-refractivity contribution in [1.82, 2.24) is 9.88 Å². The van der Waals surface area contributed by atoms with Crippen molar-refractivity contribution in [2.24, 2.45) is 15.7 Å². The minimum atomic E-state index is -0.777. The highest BCUT2D eigenvalue weighted by Gasteiger charge is 2.49. The third-order valence-corrected chi connectivity index (χ3v) is 5.80. The average Bonchev–Trinajstić information content (AvgIpc) is 3.14. The molecule has 0 spiro atoms. The first-order valence-electron chi connectivity index (χ1n) is 10.6. The van der Waals surface area contributed by atoms with E-state index in [1.54, 1.807) is 12.4 Å². The molecule has 5 rings (SSSR count). The molecule has 0 bridgehead atoms. The number of guanidine groups is 1. The number of amidine groups is 1. The Kier molecular flexibility index (Phi) is 4.90. The van der Waals surface area contributed by atoms with E-state index >= 15 is 0 Å². The minimum absolute atomic E-state index is 0.513. The highest BCUT2D eigenvalue weighted by molar-refractivity contribution is 6.12. The Morgan fingerprint density at radius 1 is 1.00 bits per heavy atom. The molecule has 2 N–H and O–H groups in total. The molecule has 1 atom stereocenters. The van der Waals surface area contributed by atoms with Gasteiger partial charge in [0.2, 0.25) is 0 Å². The molecule has 2 aliphatic rings. The fourth-order valence-corrected chi connectivity index (χ4v) is 4.42. The predicted molar refractivity (Wildman–Crippen MR) is 123 cm³/mol. The van der Waals surface area contributed by atoms with Crippen LogP contribution in [0.1, 0.15) is 24.5 Å². The maximum absolute atomic E-state index is 6.40. The summed E-state index contributed by atoms with van der Waals surface area (Å²) in [6.07, 6.45) is 4.56. The van der Waals surface area contributed by atoms with Gasteiger partial charge in [-0.05, 0) is 65.9 Å². The lowest BCUT2D eigenvalue weighted by atomic mass is 9.81. The summed E-state index contributed by atoms with van der Waals surface area (Å²) in [7, 11) is 0. The summed E-state index contributed by atoms with van der Waals surface area (Å²) in [5.41, 5.74) is 9.85. The first kappa shape index (κ1) is 19.3. The molecule has 0 saturated carbocycles. The summed E-state index contributed by atoms with van der Waals surface area (Å²) in [6.45, 7) is 4.23. The Hall–Kier alpha value is -3.67. The van der Waals surface area contributed by atoms with Crippen LogP contribution in [0.15, 0.2) is 83.0 Å². The van der Waals surface area contributed by atoms with Gasteiger partial charge in [0, 0.05) is 25.5 Å². The number of pyridine rings is 1. The molecular formula is C25H25N5O. The molecule has 0 fully saturated rings. The third-order valence-electron chi connectivity index (χ3n) is 5.80. The van der Waals surface area contributed by atoms with E-state index in [4.69, 9.17) is 20.5 Å². The molecule has 1 aromatic heterocycles. The van der Waals surface area contributed by atoms with Crippen molar-refractivity contribution in [3.05, 3.63) is 84.2 Å². The largest absolute Gasteiger partial charge is 0.494 e. The first-order chi connectivity index (χ1) is 15.2. The number of aliphatic imine (C=N–C) groups is 2. The van der Waals surface area contributed by atoms with Crippen molar-refractivity contribution in [1.29, 1.82) is 0 Å². The third kappa shape index (κ3) is 3.24. The van der Waals surface area contributed by atoms with Crippen LogP contribution in [0.2, 0.25) is 0 Å². The second-order valence-corrected chi connectivity index (χ2v) is 7.67. The Morgan fingerprint density at radius 2 is 1.77 bits per heavy atom. The number of benzene rings is 2. The van der Waals surface area contributed by atoms with E-state index in [-0.39, 0.29) is 0 Å². The van der Waals surface area contributed by atoms with Crippen LogP contribution in [0.25, 0.3) is 11.1 Å². The van der Waals surface area contributed by atoms with Gasteiger partial charge in [-0.15, -0.1) is 0 Å². The van der Waals surface area contributed by atoms with E-state index in [0.717, 1.165) is 53.3 Å². The Labute approximate surface area is 182 Å². The molecule has 6 nitrogen and oxygen atoms in total.